The van der Waals surface area contributed by atoms with Crippen molar-refractivity contribution < 1.29 is 4.74 Å². The molecule has 3 nitrogen and oxygen atoms in total. The van der Waals surface area contributed by atoms with Crippen molar-refractivity contribution in [3.8, 4) is 0 Å². The first-order chi connectivity index (χ1) is 6.86. The van der Waals surface area contributed by atoms with Crippen LogP contribution >= 0.6 is 27.3 Å². The predicted octanol–water partition coefficient (Wildman–Crippen LogP) is 1.99. The summed E-state index contributed by atoms with van der Waals surface area (Å²) in [6.07, 6.45) is 1.85. The lowest BCUT2D eigenvalue weighted by Gasteiger charge is -2.19. The molecule has 0 atom stereocenters. The van der Waals surface area contributed by atoms with Crippen LogP contribution in [0.5, 0.6) is 0 Å². The van der Waals surface area contributed by atoms with Crippen LogP contribution in [0.1, 0.15) is 5.01 Å². The van der Waals surface area contributed by atoms with Crippen molar-refractivity contribution in [2.24, 2.45) is 0 Å². The van der Waals surface area contributed by atoms with Gasteiger partial charge in [-0.1, -0.05) is 15.9 Å². The second kappa shape index (κ2) is 7.34. The monoisotopic (exact) mass is 278 g/mol. The Balaban J connectivity index is 2.34. The van der Waals surface area contributed by atoms with E-state index in [1.54, 1.807) is 18.4 Å². The molecule has 0 aromatic carbocycles. The van der Waals surface area contributed by atoms with Crippen LogP contribution < -0.4 is 0 Å². The molecule has 80 valence electrons. The van der Waals surface area contributed by atoms with Gasteiger partial charge >= 0.3 is 0 Å². The molecule has 0 fully saturated rings. The summed E-state index contributed by atoms with van der Waals surface area (Å²) in [4.78, 5) is 6.60. The predicted molar refractivity (Wildman–Crippen MR) is 63.1 cm³/mol. The molecule has 0 saturated heterocycles. The van der Waals surface area contributed by atoms with Gasteiger partial charge in [0.25, 0.3) is 0 Å². The minimum absolute atomic E-state index is 0.776. The van der Waals surface area contributed by atoms with Crippen molar-refractivity contribution in [2.75, 3.05) is 32.1 Å². The number of nitrogens with zero attached hydrogens (tertiary/aromatic N) is 2. The third kappa shape index (κ3) is 4.50. The smallest absolute Gasteiger partial charge is 0.107 e. The summed E-state index contributed by atoms with van der Waals surface area (Å²) in [6.45, 7) is 3.69. The van der Waals surface area contributed by atoms with Gasteiger partial charge in [0.15, 0.2) is 0 Å². The molecule has 5 heteroatoms. The third-order valence-electron chi connectivity index (χ3n) is 1.85. The lowest BCUT2D eigenvalue weighted by atomic mass is 10.5. The van der Waals surface area contributed by atoms with E-state index in [9.17, 15) is 0 Å². The largest absolute Gasteiger partial charge is 0.383 e. The first kappa shape index (κ1) is 12.1. The Bertz CT molecular complexity index is 231. The van der Waals surface area contributed by atoms with Gasteiger partial charge in [-0.2, -0.15) is 0 Å². The van der Waals surface area contributed by atoms with Crippen LogP contribution in [-0.2, 0) is 11.3 Å². The molecule has 0 N–H and O–H groups in total. The number of alkyl halides is 1. The summed E-state index contributed by atoms with van der Waals surface area (Å²) >= 11 is 5.15. The summed E-state index contributed by atoms with van der Waals surface area (Å²) in [5.41, 5.74) is 0. The van der Waals surface area contributed by atoms with Gasteiger partial charge < -0.3 is 4.74 Å². The first-order valence-electron chi connectivity index (χ1n) is 4.52. The molecule has 1 rings (SSSR count). The minimum atomic E-state index is 0.776. The van der Waals surface area contributed by atoms with Gasteiger partial charge in [-0.15, -0.1) is 11.3 Å². The van der Waals surface area contributed by atoms with Gasteiger partial charge in [0.1, 0.15) is 5.01 Å². The first-order valence-corrected chi connectivity index (χ1v) is 6.52. The summed E-state index contributed by atoms with van der Waals surface area (Å²) in [5.74, 6) is 0. The second-order valence-electron chi connectivity index (χ2n) is 2.88. The van der Waals surface area contributed by atoms with Crippen molar-refractivity contribution in [3.63, 3.8) is 0 Å². The molecule has 1 heterocycles. The Kier molecular flexibility index (Phi) is 6.34. The van der Waals surface area contributed by atoms with Crippen LogP contribution in [0, 0.1) is 0 Å². The topological polar surface area (TPSA) is 25.4 Å². The van der Waals surface area contributed by atoms with Crippen molar-refractivity contribution in [1.29, 1.82) is 0 Å². The average molecular weight is 279 g/mol. The van der Waals surface area contributed by atoms with E-state index in [1.165, 1.54) is 5.01 Å². The van der Waals surface area contributed by atoms with E-state index in [2.05, 4.69) is 25.8 Å². The zero-order valence-electron chi connectivity index (χ0n) is 8.28. The fourth-order valence-corrected chi connectivity index (χ4v) is 2.29. The Morgan fingerprint density at radius 1 is 1.57 bits per heavy atom. The minimum Gasteiger partial charge on any atom is -0.383 e. The number of methoxy groups -OCH3 is 1. The highest BCUT2D eigenvalue weighted by Gasteiger charge is 2.06. The molecular weight excluding hydrogens is 264 g/mol. The quantitative estimate of drug-likeness (QED) is 0.714. The lowest BCUT2D eigenvalue weighted by molar-refractivity contribution is 0.148. The number of hydrogen-bond acceptors (Lipinski definition) is 4. The number of rotatable bonds is 7. The number of hydrogen-bond donors (Lipinski definition) is 0. The van der Waals surface area contributed by atoms with E-state index in [0.717, 1.165) is 31.6 Å². The summed E-state index contributed by atoms with van der Waals surface area (Å²) in [5, 5.41) is 4.17. The highest BCUT2D eigenvalue weighted by Crippen LogP contribution is 2.08. The van der Waals surface area contributed by atoms with E-state index in [1.807, 2.05) is 11.6 Å². The molecule has 0 aliphatic heterocycles. The molecule has 0 saturated carbocycles. The maximum Gasteiger partial charge on any atom is 0.107 e. The van der Waals surface area contributed by atoms with Gasteiger partial charge in [-0.3, -0.25) is 4.90 Å². The van der Waals surface area contributed by atoms with E-state index in [-0.39, 0.29) is 0 Å². The standard InChI is InChI=1S/C9H15BrN2OS/c1-13-6-5-12(4-2-10)8-9-11-3-7-14-9/h3,7H,2,4-6,8H2,1H3. The molecule has 0 radical (unpaired) electrons. The van der Waals surface area contributed by atoms with E-state index in [0.29, 0.717) is 0 Å². The van der Waals surface area contributed by atoms with Crippen LogP contribution in [0.25, 0.3) is 0 Å². The van der Waals surface area contributed by atoms with Gasteiger partial charge in [0.2, 0.25) is 0 Å². The van der Waals surface area contributed by atoms with E-state index < -0.39 is 0 Å². The summed E-state index contributed by atoms with van der Waals surface area (Å²) in [7, 11) is 1.73. The fraction of sp³-hybridized carbons (Fsp3) is 0.667. The van der Waals surface area contributed by atoms with E-state index >= 15 is 0 Å². The number of aromatic nitrogens is 1. The average Bonchev–Trinajstić information content (AvgIpc) is 2.67. The Morgan fingerprint density at radius 3 is 3.00 bits per heavy atom. The Labute approximate surface area is 97.2 Å². The van der Waals surface area contributed by atoms with Crippen LogP contribution in [0.3, 0.4) is 0 Å². The lowest BCUT2D eigenvalue weighted by Crippen LogP contribution is -2.28. The van der Waals surface area contributed by atoms with Crippen LogP contribution in [0.2, 0.25) is 0 Å². The molecule has 1 aromatic heterocycles. The van der Waals surface area contributed by atoms with E-state index in [4.69, 9.17) is 4.74 Å². The summed E-state index contributed by atoms with van der Waals surface area (Å²) < 4.78 is 5.06. The SMILES string of the molecule is COCCN(CCBr)Cc1nccs1. The molecule has 0 unspecified atom stereocenters. The van der Waals surface area contributed by atoms with Crippen LogP contribution in [0.4, 0.5) is 0 Å². The van der Waals surface area contributed by atoms with Gasteiger partial charge in [0.05, 0.1) is 13.2 Å². The highest BCUT2D eigenvalue weighted by atomic mass is 79.9. The van der Waals surface area contributed by atoms with Crippen LogP contribution in [0.15, 0.2) is 11.6 Å². The Morgan fingerprint density at radius 2 is 2.43 bits per heavy atom. The molecule has 0 bridgehead atoms. The molecule has 0 spiro atoms. The normalized spacial score (nSPS) is 11.1. The molecule has 0 aliphatic carbocycles. The second-order valence-corrected chi connectivity index (χ2v) is 4.66. The van der Waals surface area contributed by atoms with Gasteiger partial charge in [0, 0.05) is 37.1 Å². The van der Waals surface area contributed by atoms with Gasteiger partial charge in [-0.25, -0.2) is 4.98 Å². The number of halogens is 1. The van der Waals surface area contributed by atoms with Crippen molar-refractivity contribution in [3.05, 3.63) is 16.6 Å². The molecule has 14 heavy (non-hydrogen) atoms. The van der Waals surface area contributed by atoms with Gasteiger partial charge in [-0.05, 0) is 0 Å². The summed E-state index contributed by atoms with van der Waals surface area (Å²) in [6, 6.07) is 0. The zero-order chi connectivity index (χ0) is 10.2. The fourth-order valence-electron chi connectivity index (χ4n) is 1.13. The molecule has 0 aliphatic rings. The highest BCUT2D eigenvalue weighted by molar-refractivity contribution is 9.09. The maximum absolute atomic E-state index is 5.06. The number of ether oxygens (including phenoxy) is 1. The van der Waals surface area contributed by atoms with Crippen molar-refractivity contribution >= 4 is 27.3 Å². The molecule has 1 aromatic rings. The molecular formula is C9H15BrN2OS. The maximum atomic E-state index is 5.06. The number of thiazole rings is 1. The third-order valence-corrected chi connectivity index (χ3v) is 2.97. The molecule has 0 amide bonds. The zero-order valence-corrected chi connectivity index (χ0v) is 10.7. The van der Waals surface area contributed by atoms with Crippen molar-refractivity contribution in [1.82, 2.24) is 9.88 Å². The van der Waals surface area contributed by atoms with Crippen molar-refractivity contribution in [2.45, 2.75) is 6.54 Å². The Hall–Kier alpha value is 0.0300. The van der Waals surface area contributed by atoms with Crippen LogP contribution in [-0.4, -0.2) is 42.0 Å².